The maximum absolute atomic E-state index is 12.4. The number of rotatable bonds is 8. The summed E-state index contributed by atoms with van der Waals surface area (Å²) in [5.74, 6) is -1.26. The smallest absolute Gasteiger partial charge is 0.310 e. The number of hydrogen-bond acceptors (Lipinski definition) is 2. The van der Waals surface area contributed by atoms with Crippen molar-refractivity contribution < 1.29 is 19.8 Å². The third kappa shape index (κ3) is 4.98. The fraction of sp³-hybridized carbons (Fsp3) is 0.905. The van der Waals surface area contributed by atoms with Crippen LogP contribution in [0.2, 0.25) is 0 Å². The second kappa shape index (κ2) is 8.09. The van der Waals surface area contributed by atoms with Crippen molar-refractivity contribution >= 4 is 11.9 Å². The molecule has 0 saturated heterocycles. The van der Waals surface area contributed by atoms with Crippen molar-refractivity contribution in [3.8, 4) is 0 Å². The van der Waals surface area contributed by atoms with Crippen LogP contribution in [-0.2, 0) is 9.59 Å². The van der Waals surface area contributed by atoms with Crippen LogP contribution in [0, 0.1) is 28.1 Å². The topological polar surface area (TPSA) is 74.6 Å². The Morgan fingerprint density at radius 3 is 1.84 bits per heavy atom. The van der Waals surface area contributed by atoms with Gasteiger partial charge in [0.2, 0.25) is 0 Å². The molecule has 4 nitrogen and oxygen atoms in total. The van der Waals surface area contributed by atoms with Crippen molar-refractivity contribution in [3.05, 3.63) is 0 Å². The summed E-state index contributed by atoms with van der Waals surface area (Å²) in [4.78, 5) is 24.8. The van der Waals surface area contributed by atoms with E-state index in [2.05, 4.69) is 27.7 Å². The second-order valence-corrected chi connectivity index (χ2v) is 9.99. The van der Waals surface area contributed by atoms with Gasteiger partial charge in [-0.05, 0) is 55.8 Å². The molecule has 1 fully saturated rings. The molecule has 0 amide bonds. The Morgan fingerprint density at radius 2 is 1.44 bits per heavy atom. The number of carboxylic acid groups (broad SMARTS) is 2. The molecule has 1 saturated carbocycles. The Bertz CT molecular complexity index is 477. The zero-order valence-electron chi connectivity index (χ0n) is 17.0. The van der Waals surface area contributed by atoms with E-state index in [4.69, 9.17) is 0 Å². The molecule has 25 heavy (non-hydrogen) atoms. The molecule has 3 atom stereocenters. The van der Waals surface area contributed by atoms with Gasteiger partial charge in [0.05, 0.1) is 10.8 Å². The minimum Gasteiger partial charge on any atom is -0.481 e. The van der Waals surface area contributed by atoms with Gasteiger partial charge in [-0.15, -0.1) is 0 Å². The average molecular weight is 355 g/mol. The predicted molar refractivity (Wildman–Crippen MR) is 101 cm³/mol. The van der Waals surface area contributed by atoms with Crippen LogP contribution in [0.3, 0.4) is 0 Å². The lowest BCUT2D eigenvalue weighted by atomic mass is 9.51. The molecular formula is C21H38O4. The van der Waals surface area contributed by atoms with Crippen LogP contribution in [0.25, 0.3) is 0 Å². The highest BCUT2D eigenvalue weighted by Crippen LogP contribution is 2.57. The van der Waals surface area contributed by atoms with E-state index in [-0.39, 0.29) is 11.3 Å². The van der Waals surface area contributed by atoms with Crippen molar-refractivity contribution in [3.63, 3.8) is 0 Å². The molecule has 0 aromatic rings. The Labute approximate surface area is 153 Å². The molecule has 0 aliphatic heterocycles. The molecule has 4 heteroatoms. The van der Waals surface area contributed by atoms with Crippen molar-refractivity contribution in [2.45, 2.75) is 92.9 Å². The van der Waals surface area contributed by atoms with Gasteiger partial charge >= 0.3 is 11.9 Å². The predicted octanol–water partition coefficient (Wildman–Crippen LogP) is 5.60. The minimum atomic E-state index is -1.13. The summed E-state index contributed by atoms with van der Waals surface area (Å²) in [6.45, 7) is 12.7. The highest BCUT2D eigenvalue weighted by molar-refractivity contribution is 5.87. The van der Waals surface area contributed by atoms with Crippen LogP contribution in [0.15, 0.2) is 0 Å². The summed E-state index contributed by atoms with van der Waals surface area (Å²) < 4.78 is 0. The maximum Gasteiger partial charge on any atom is 0.310 e. The van der Waals surface area contributed by atoms with Crippen LogP contribution < -0.4 is 0 Å². The molecule has 1 aliphatic carbocycles. The Kier molecular flexibility index (Phi) is 7.12. The Morgan fingerprint density at radius 1 is 0.960 bits per heavy atom. The molecule has 0 spiro atoms. The number of aliphatic carboxylic acids is 2. The van der Waals surface area contributed by atoms with Gasteiger partial charge in [-0.2, -0.15) is 0 Å². The van der Waals surface area contributed by atoms with Crippen molar-refractivity contribution in [2.24, 2.45) is 28.1 Å². The highest BCUT2D eigenvalue weighted by Gasteiger charge is 2.61. The van der Waals surface area contributed by atoms with Gasteiger partial charge in [-0.25, -0.2) is 0 Å². The summed E-state index contributed by atoms with van der Waals surface area (Å²) in [6.07, 6.45) is 5.31. The molecule has 0 bridgehead atoms. The summed E-state index contributed by atoms with van der Waals surface area (Å²) in [5.41, 5.74) is -2.07. The van der Waals surface area contributed by atoms with E-state index in [0.717, 1.165) is 25.7 Å². The first kappa shape index (κ1) is 22.0. The lowest BCUT2D eigenvalue weighted by Gasteiger charge is -2.49. The van der Waals surface area contributed by atoms with Gasteiger partial charge in [-0.1, -0.05) is 54.4 Å². The Hall–Kier alpha value is -1.06. The number of hydrogen-bond donors (Lipinski definition) is 2. The fourth-order valence-electron chi connectivity index (χ4n) is 5.15. The molecule has 0 heterocycles. The third-order valence-electron chi connectivity index (χ3n) is 5.97. The summed E-state index contributed by atoms with van der Waals surface area (Å²) in [5, 5.41) is 20.3. The van der Waals surface area contributed by atoms with E-state index < -0.39 is 22.8 Å². The molecule has 0 radical (unpaired) electrons. The van der Waals surface area contributed by atoms with E-state index in [9.17, 15) is 19.8 Å². The standard InChI is InChI=1S/C21H38O4/c1-15(2)13-21(18(24)25)11-8-7-10-20(21,17(22)23)12-9-16(3)14-19(4,5)6/h15-16H,7-14H2,1-6H3,(H,22,23)(H,24,25). The van der Waals surface area contributed by atoms with Gasteiger partial charge in [0.15, 0.2) is 0 Å². The maximum atomic E-state index is 12.4. The average Bonchev–Trinajstić information content (AvgIpc) is 2.43. The van der Waals surface area contributed by atoms with Crippen LogP contribution in [-0.4, -0.2) is 22.2 Å². The molecule has 3 unspecified atom stereocenters. The summed E-state index contributed by atoms with van der Waals surface area (Å²) in [6, 6.07) is 0. The molecule has 0 aromatic carbocycles. The lowest BCUT2D eigenvalue weighted by molar-refractivity contribution is -0.183. The summed E-state index contributed by atoms with van der Waals surface area (Å²) >= 11 is 0. The minimum absolute atomic E-state index is 0.167. The van der Waals surface area contributed by atoms with Gasteiger partial charge in [0.1, 0.15) is 0 Å². The van der Waals surface area contributed by atoms with E-state index in [1.807, 2.05) is 13.8 Å². The molecule has 2 N–H and O–H groups in total. The molecule has 1 aliphatic rings. The van der Waals surface area contributed by atoms with E-state index in [1.54, 1.807) is 0 Å². The SMILES string of the molecule is CC(C)CC1(C(=O)O)CCCCC1(CCC(C)CC(C)(C)C)C(=O)O. The van der Waals surface area contributed by atoms with Crippen molar-refractivity contribution in [1.82, 2.24) is 0 Å². The summed E-state index contributed by atoms with van der Waals surface area (Å²) in [7, 11) is 0. The molecule has 146 valence electrons. The van der Waals surface area contributed by atoms with Crippen LogP contribution in [0.5, 0.6) is 0 Å². The molecule has 0 aromatic heterocycles. The normalized spacial score (nSPS) is 28.8. The first-order valence-electron chi connectivity index (χ1n) is 9.83. The van der Waals surface area contributed by atoms with Crippen LogP contribution >= 0.6 is 0 Å². The van der Waals surface area contributed by atoms with Crippen molar-refractivity contribution in [2.75, 3.05) is 0 Å². The zero-order valence-corrected chi connectivity index (χ0v) is 17.0. The quantitative estimate of drug-likeness (QED) is 0.595. The van der Waals surface area contributed by atoms with Gasteiger partial charge in [-0.3, -0.25) is 9.59 Å². The fourth-order valence-corrected chi connectivity index (χ4v) is 5.15. The monoisotopic (exact) mass is 354 g/mol. The van der Waals surface area contributed by atoms with Crippen LogP contribution in [0.1, 0.15) is 92.9 Å². The lowest BCUT2D eigenvalue weighted by Crippen LogP contribution is -2.55. The van der Waals surface area contributed by atoms with Crippen LogP contribution in [0.4, 0.5) is 0 Å². The van der Waals surface area contributed by atoms with E-state index in [0.29, 0.717) is 31.6 Å². The highest BCUT2D eigenvalue weighted by atomic mass is 16.4. The van der Waals surface area contributed by atoms with Gasteiger partial charge < -0.3 is 10.2 Å². The van der Waals surface area contributed by atoms with E-state index in [1.165, 1.54) is 0 Å². The third-order valence-corrected chi connectivity index (χ3v) is 5.97. The molecule has 1 rings (SSSR count). The van der Waals surface area contributed by atoms with Gasteiger partial charge in [0.25, 0.3) is 0 Å². The molecular weight excluding hydrogens is 316 g/mol. The Balaban J connectivity index is 3.16. The van der Waals surface area contributed by atoms with Gasteiger partial charge in [0, 0.05) is 0 Å². The first-order valence-corrected chi connectivity index (χ1v) is 9.83. The first-order chi connectivity index (χ1) is 11.4. The number of carboxylic acids is 2. The largest absolute Gasteiger partial charge is 0.481 e. The zero-order chi connectivity index (χ0) is 19.5. The van der Waals surface area contributed by atoms with Crippen molar-refractivity contribution in [1.29, 1.82) is 0 Å². The second-order valence-electron chi connectivity index (χ2n) is 9.99. The van der Waals surface area contributed by atoms with E-state index >= 15 is 0 Å². The number of carbonyl (C=O) groups is 2.